The van der Waals surface area contributed by atoms with Crippen molar-refractivity contribution in [1.82, 2.24) is 0 Å². The summed E-state index contributed by atoms with van der Waals surface area (Å²) in [5.74, 6) is 0. The Hall–Kier alpha value is 1.91. The van der Waals surface area contributed by atoms with Gasteiger partial charge in [0.05, 0.1) is 0 Å². The van der Waals surface area contributed by atoms with E-state index in [9.17, 15) is 0 Å². The minimum atomic E-state index is -1.88. The summed E-state index contributed by atoms with van der Waals surface area (Å²) >= 11 is 10.2. The molecule has 0 aromatic rings. The van der Waals surface area contributed by atoms with Crippen LogP contribution in [0.2, 0.25) is 0 Å². The molecule has 6 heavy (non-hydrogen) atoms. The van der Waals surface area contributed by atoms with Crippen LogP contribution in [0.1, 0.15) is 6.92 Å². The van der Waals surface area contributed by atoms with Crippen LogP contribution in [0.3, 0.4) is 0 Å². The van der Waals surface area contributed by atoms with E-state index in [4.69, 9.17) is 0 Å². The molecule has 0 saturated heterocycles. The second-order valence-electron chi connectivity index (χ2n) is 0.611. The van der Waals surface area contributed by atoms with Gasteiger partial charge in [-0.05, 0) is 0 Å². The van der Waals surface area contributed by atoms with E-state index in [1.807, 2.05) is 6.92 Å². The van der Waals surface area contributed by atoms with E-state index in [1.54, 1.807) is 0 Å². The maximum atomic E-state index is 3.39. The van der Waals surface area contributed by atoms with Gasteiger partial charge in [-0.3, -0.25) is 0 Å². The Labute approximate surface area is 59.4 Å². The van der Waals surface area contributed by atoms with Crippen LogP contribution in [0.25, 0.3) is 0 Å². The first-order valence-corrected chi connectivity index (χ1v) is 15.9. The van der Waals surface area contributed by atoms with Crippen LogP contribution in [-0.4, -0.2) is 0 Å². The molecule has 0 heterocycles. The third-order valence-corrected chi connectivity index (χ3v) is 7.12. The molecule has 0 bridgehead atoms. The Morgan fingerprint density at radius 3 is 1.50 bits per heavy atom. The average Bonchev–Trinajstić information content (AvgIpc) is 1.35. The second kappa shape index (κ2) is 3.04. The predicted molar refractivity (Wildman–Crippen MR) is 36.3 cm³/mol. The monoisotopic (exact) mass is 362 g/mol. The fraction of sp³-hybridized carbons (Fsp3) is 0.500. The van der Waals surface area contributed by atoms with Gasteiger partial charge in [0.15, 0.2) is 0 Å². The van der Waals surface area contributed by atoms with Crippen molar-refractivity contribution in [2.24, 2.45) is 0 Å². The van der Waals surface area contributed by atoms with Crippen molar-refractivity contribution in [2.75, 3.05) is 0 Å². The second-order valence-corrected chi connectivity index (χ2v) is 36.3. The molecule has 0 N–H and O–H groups in total. The van der Waals surface area contributed by atoms with Crippen LogP contribution < -0.4 is 0 Å². The van der Waals surface area contributed by atoms with Crippen LogP contribution in [-0.2, 0) is 9.23 Å². The van der Waals surface area contributed by atoms with Crippen molar-refractivity contribution in [3.05, 3.63) is 0 Å². The predicted octanol–water partition coefficient (Wildman–Crippen LogP) is 3.05. The number of hydrogen-bond donors (Lipinski definition) is 0. The molecule has 0 aliphatic heterocycles. The zero-order valence-corrected chi connectivity index (χ0v) is 9.81. The standard InChI is InChI=1S/C2H3.3BrH.Mo/c1-2;;;;/h1H3;3*1H;/q;;;;+3/p-3. The van der Waals surface area contributed by atoms with Gasteiger partial charge in [0, 0.05) is 0 Å². The summed E-state index contributed by atoms with van der Waals surface area (Å²) < 4.78 is 3.04. The van der Waals surface area contributed by atoms with Crippen LogP contribution in [0.4, 0.5) is 0 Å². The van der Waals surface area contributed by atoms with Crippen LogP contribution in [0, 0.1) is 4.20 Å². The summed E-state index contributed by atoms with van der Waals surface area (Å²) in [6.45, 7) is 1.90. The van der Waals surface area contributed by atoms with Gasteiger partial charge in [0.1, 0.15) is 0 Å². The first kappa shape index (κ1) is 7.91. The van der Waals surface area contributed by atoms with Crippen LogP contribution in [0.15, 0.2) is 0 Å². The minimum absolute atomic E-state index is 1.88. The Balaban J connectivity index is 4.07. The van der Waals surface area contributed by atoms with Gasteiger partial charge in [-0.1, -0.05) is 0 Å². The zero-order valence-electron chi connectivity index (χ0n) is 3.04. The molecule has 0 aliphatic rings. The zero-order chi connectivity index (χ0) is 5.21. The topological polar surface area (TPSA) is 0 Å². The van der Waals surface area contributed by atoms with Crippen molar-refractivity contribution < 1.29 is 9.23 Å². The van der Waals surface area contributed by atoms with Crippen molar-refractivity contribution >= 4 is 39.9 Å². The first-order valence-electron chi connectivity index (χ1n) is 1.17. The third kappa shape index (κ3) is 5.91. The van der Waals surface area contributed by atoms with Gasteiger partial charge in [-0.15, -0.1) is 0 Å². The molecule has 0 aliphatic carbocycles. The molecule has 0 aromatic heterocycles. The van der Waals surface area contributed by atoms with Crippen LogP contribution in [0.5, 0.6) is 0 Å². The molecule has 0 amide bonds. The molecule has 38 valence electrons. The van der Waals surface area contributed by atoms with Crippen molar-refractivity contribution in [1.29, 1.82) is 0 Å². The molecular weight excluding hydrogens is 360 g/mol. The fourth-order valence-electron chi connectivity index (χ4n) is 0. The molecule has 0 unspecified atom stereocenters. The van der Waals surface area contributed by atoms with E-state index >= 15 is 0 Å². The van der Waals surface area contributed by atoms with E-state index in [2.05, 4.69) is 44.1 Å². The summed E-state index contributed by atoms with van der Waals surface area (Å²) in [7, 11) is -1.88. The summed E-state index contributed by atoms with van der Waals surface area (Å²) in [4.78, 5) is 0. The van der Waals surface area contributed by atoms with Gasteiger partial charge < -0.3 is 0 Å². The summed E-state index contributed by atoms with van der Waals surface area (Å²) in [5.41, 5.74) is 0. The van der Waals surface area contributed by atoms with Gasteiger partial charge in [0.25, 0.3) is 0 Å². The van der Waals surface area contributed by atoms with Crippen molar-refractivity contribution in [3.8, 4) is 4.20 Å². The molecule has 0 atom stereocenters. The quantitative estimate of drug-likeness (QED) is 0.581. The molecule has 0 spiro atoms. The van der Waals surface area contributed by atoms with E-state index < -0.39 is 9.23 Å². The molecule has 0 aromatic carbocycles. The number of hydrogen-bond acceptors (Lipinski definition) is 0. The Morgan fingerprint density at radius 1 is 1.33 bits per heavy atom. The van der Waals surface area contributed by atoms with E-state index in [0.717, 1.165) is 0 Å². The molecule has 0 saturated carbocycles. The number of halogens is 3. The summed E-state index contributed by atoms with van der Waals surface area (Å²) in [6, 6.07) is 0. The Kier molecular flexibility index (Phi) is 4.01. The molecule has 4 heteroatoms. The molecule has 0 nitrogen and oxygen atoms in total. The maximum absolute atomic E-state index is 3.39. The van der Waals surface area contributed by atoms with Gasteiger partial charge in [-0.2, -0.15) is 0 Å². The summed E-state index contributed by atoms with van der Waals surface area (Å²) in [5, 5.41) is 0. The van der Waals surface area contributed by atoms with E-state index in [1.165, 1.54) is 0 Å². The molecule has 0 rings (SSSR count). The van der Waals surface area contributed by atoms with Crippen LogP contribution >= 0.6 is 39.9 Å². The summed E-state index contributed by atoms with van der Waals surface area (Å²) in [6.07, 6.45) is 0. The third-order valence-electron chi connectivity index (χ3n) is 0.231. The van der Waals surface area contributed by atoms with Gasteiger partial charge in [0.2, 0.25) is 0 Å². The fourth-order valence-corrected chi connectivity index (χ4v) is 0. The number of rotatable bonds is 0. The normalized spacial score (nSPS) is 10.7. The first-order chi connectivity index (χ1) is 2.56. The Morgan fingerprint density at radius 2 is 1.50 bits per heavy atom. The van der Waals surface area contributed by atoms with Gasteiger partial charge in [-0.25, -0.2) is 0 Å². The SMILES string of the molecule is C[C]#[Mo]([Br])([Br])[Br]. The molecular formula is C2H3Br3Mo. The van der Waals surface area contributed by atoms with Gasteiger partial charge >= 0.3 is 60.2 Å². The average molecular weight is 363 g/mol. The van der Waals surface area contributed by atoms with Crippen molar-refractivity contribution in [2.45, 2.75) is 6.92 Å². The Bertz CT molecular complexity index is 116. The van der Waals surface area contributed by atoms with E-state index in [0.29, 0.717) is 0 Å². The van der Waals surface area contributed by atoms with E-state index in [-0.39, 0.29) is 0 Å². The van der Waals surface area contributed by atoms with Crippen molar-refractivity contribution in [3.63, 3.8) is 0 Å². The molecule has 0 radical (unpaired) electrons. The molecule has 0 fully saturated rings.